The maximum Gasteiger partial charge on any atom is 0.144 e. The average molecular weight is 167 g/mol. The van der Waals surface area contributed by atoms with Crippen molar-refractivity contribution in [2.45, 2.75) is 46.7 Å². The zero-order valence-electron chi connectivity index (χ0n) is 8.41. The Morgan fingerprint density at radius 3 is 1.82 bits per heavy atom. The molecule has 0 fully saturated rings. The van der Waals surface area contributed by atoms with Crippen LogP contribution < -0.4 is 0 Å². The molecule has 0 atom stereocenters. The lowest BCUT2D eigenvalue weighted by atomic mass is 9.99. The van der Waals surface area contributed by atoms with Crippen LogP contribution in [0, 0.1) is 16.9 Å². The van der Waals surface area contributed by atoms with E-state index in [2.05, 4.69) is 46.1 Å². The van der Waals surface area contributed by atoms with Crippen molar-refractivity contribution < 1.29 is 0 Å². The Kier molecular flexibility index (Phi) is 4.52. The van der Waals surface area contributed by atoms with Crippen molar-refractivity contribution in [3.05, 3.63) is 0 Å². The molecule has 0 aliphatic rings. The fourth-order valence-corrected chi connectivity index (χ4v) is 2.11. The van der Waals surface area contributed by atoms with Crippen LogP contribution >= 0.6 is 0 Å². The molecule has 0 N–H and O–H groups in total. The van der Waals surface area contributed by atoms with Gasteiger partial charge in [-0.2, -0.15) is 0 Å². The van der Waals surface area contributed by atoms with Gasteiger partial charge in [0, 0.05) is 5.41 Å². The van der Waals surface area contributed by atoms with E-state index in [4.69, 9.17) is 0 Å². The predicted octanol–water partition coefficient (Wildman–Crippen LogP) is 3.11. The minimum atomic E-state index is -0.317. The van der Waals surface area contributed by atoms with Crippen LogP contribution in [0.4, 0.5) is 0 Å². The van der Waals surface area contributed by atoms with Crippen LogP contribution in [0.5, 0.6) is 0 Å². The normalized spacial score (nSPS) is 11.1. The standard InChI is InChI=1S/C10H19Si/c1-6-11(7-2)9-8-10(3,4)5/h6-7H2,1-5H3. The van der Waals surface area contributed by atoms with Crippen LogP contribution in [0.2, 0.25) is 12.1 Å². The summed E-state index contributed by atoms with van der Waals surface area (Å²) in [5, 5.41) is 0. The van der Waals surface area contributed by atoms with Gasteiger partial charge in [0.25, 0.3) is 0 Å². The molecule has 1 radical (unpaired) electrons. The van der Waals surface area contributed by atoms with Crippen molar-refractivity contribution in [3.63, 3.8) is 0 Å². The monoisotopic (exact) mass is 167 g/mol. The Morgan fingerprint density at radius 1 is 1.09 bits per heavy atom. The summed E-state index contributed by atoms with van der Waals surface area (Å²) in [6.45, 7) is 11.0. The summed E-state index contributed by atoms with van der Waals surface area (Å²) in [5.74, 6) is 3.32. The fraction of sp³-hybridized carbons (Fsp3) is 0.800. The molecule has 0 aliphatic heterocycles. The molecule has 0 unspecified atom stereocenters. The highest BCUT2D eigenvalue weighted by molar-refractivity contribution is 6.67. The lowest BCUT2D eigenvalue weighted by Crippen LogP contribution is -2.08. The van der Waals surface area contributed by atoms with Crippen LogP contribution in [0.25, 0.3) is 0 Å². The van der Waals surface area contributed by atoms with Gasteiger partial charge in [-0.05, 0) is 20.8 Å². The summed E-state index contributed by atoms with van der Waals surface area (Å²) in [6, 6.07) is 2.56. The van der Waals surface area contributed by atoms with E-state index in [1.807, 2.05) is 0 Å². The van der Waals surface area contributed by atoms with E-state index in [1.165, 1.54) is 12.1 Å². The number of hydrogen-bond acceptors (Lipinski definition) is 0. The Labute approximate surface area is 73.0 Å². The van der Waals surface area contributed by atoms with Crippen LogP contribution in [-0.4, -0.2) is 8.80 Å². The summed E-state index contributed by atoms with van der Waals surface area (Å²) in [7, 11) is -0.317. The molecule has 1 heteroatoms. The Hall–Kier alpha value is -0.223. The molecule has 0 nitrogen and oxygen atoms in total. The van der Waals surface area contributed by atoms with Gasteiger partial charge in [-0.15, -0.1) is 11.5 Å². The molecule has 0 spiro atoms. The van der Waals surface area contributed by atoms with E-state index in [9.17, 15) is 0 Å². The highest BCUT2D eigenvalue weighted by atomic mass is 28.3. The molecule has 11 heavy (non-hydrogen) atoms. The second-order valence-corrected chi connectivity index (χ2v) is 6.68. The predicted molar refractivity (Wildman–Crippen MR) is 53.9 cm³/mol. The number of rotatable bonds is 2. The summed E-state index contributed by atoms with van der Waals surface area (Å²) in [6.07, 6.45) is 0. The van der Waals surface area contributed by atoms with E-state index in [0.29, 0.717) is 0 Å². The van der Waals surface area contributed by atoms with Gasteiger partial charge in [0.05, 0.1) is 0 Å². The van der Waals surface area contributed by atoms with Crippen molar-refractivity contribution in [1.82, 2.24) is 0 Å². The second-order valence-electron chi connectivity index (χ2n) is 3.81. The maximum atomic E-state index is 3.41. The average Bonchev–Trinajstić information content (AvgIpc) is 1.88. The van der Waals surface area contributed by atoms with E-state index >= 15 is 0 Å². The molecule has 63 valence electrons. The van der Waals surface area contributed by atoms with E-state index in [-0.39, 0.29) is 14.2 Å². The molecule has 0 amide bonds. The third-order valence-corrected chi connectivity index (χ3v) is 3.65. The summed E-state index contributed by atoms with van der Waals surface area (Å²) in [4.78, 5) is 0. The van der Waals surface area contributed by atoms with Gasteiger partial charge in [0.15, 0.2) is 0 Å². The van der Waals surface area contributed by atoms with Gasteiger partial charge in [0.1, 0.15) is 8.80 Å². The van der Waals surface area contributed by atoms with Crippen molar-refractivity contribution >= 4 is 8.80 Å². The van der Waals surface area contributed by atoms with Crippen molar-refractivity contribution in [2.24, 2.45) is 5.41 Å². The molecule has 0 aromatic heterocycles. The minimum absolute atomic E-state index is 0.195. The van der Waals surface area contributed by atoms with Gasteiger partial charge >= 0.3 is 0 Å². The molecule has 0 aromatic carbocycles. The van der Waals surface area contributed by atoms with Crippen LogP contribution in [-0.2, 0) is 0 Å². The molecule has 0 heterocycles. The smallest absolute Gasteiger partial charge is 0.133 e. The lowest BCUT2D eigenvalue weighted by Gasteiger charge is -2.08. The van der Waals surface area contributed by atoms with E-state index in [1.54, 1.807) is 0 Å². The molecule has 0 saturated carbocycles. The minimum Gasteiger partial charge on any atom is -0.133 e. The maximum absolute atomic E-state index is 3.41. The number of hydrogen-bond donors (Lipinski definition) is 0. The van der Waals surface area contributed by atoms with Gasteiger partial charge in [-0.1, -0.05) is 25.9 Å². The molecule has 0 bridgehead atoms. The third-order valence-electron chi connectivity index (χ3n) is 1.47. The first-order valence-electron chi connectivity index (χ1n) is 4.37. The van der Waals surface area contributed by atoms with E-state index in [0.717, 1.165) is 0 Å². The first kappa shape index (κ1) is 10.8. The van der Waals surface area contributed by atoms with Crippen molar-refractivity contribution in [3.8, 4) is 11.5 Å². The van der Waals surface area contributed by atoms with Crippen LogP contribution in [0.15, 0.2) is 0 Å². The third kappa shape index (κ3) is 6.19. The molecular formula is C10H19Si. The topological polar surface area (TPSA) is 0 Å². The highest BCUT2D eigenvalue weighted by Crippen LogP contribution is 2.10. The van der Waals surface area contributed by atoms with Gasteiger partial charge in [0.2, 0.25) is 0 Å². The Bertz CT molecular complexity index is 150. The Balaban J connectivity index is 4.04. The summed E-state index contributed by atoms with van der Waals surface area (Å²) in [5.41, 5.74) is 3.61. The fourth-order valence-electron chi connectivity index (χ4n) is 0.703. The Morgan fingerprint density at radius 2 is 1.55 bits per heavy atom. The first-order valence-corrected chi connectivity index (χ1v) is 6.29. The van der Waals surface area contributed by atoms with Gasteiger partial charge in [-0.25, -0.2) is 0 Å². The van der Waals surface area contributed by atoms with Crippen LogP contribution in [0.3, 0.4) is 0 Å². The zero-order valence-corrected chi connectivity index (χ0v) is 9.41. The van der Waals surface area contributed by atoms with E-state index < -0.39 is 0 Å². The van der Waals surface area contributed by atoms with Crippen molar-refractivity contribution in [1.29, 1.82) is 0 Å². The molecule has 0 aliphatic carbocycles. The molecular weight excluding hydrogens is 148 g/mol. The van der Waals surface area contributed by atoms with Crippen molar-refractivity contribution in [2.75, 3.05) is 0 Å². The molecule has 0 saturated heterocycles. The van der Waals surface area contributed by atoms with Crippen LogP contribution in [0.1, 0.15) is 34.6 Å². The second kappa shape index (κ2) is 4.61. The zero-order chi connectivity index (χ0) is 8.91. The summed E-state index contributed by atoms with van der Waals surface area (Å²) < 4.78 is 0. The highest BCUT2D eigenvalue weighted by Gasteiger charge is 2.05. The van der Waals surface area contributed by atoms with Gasteiger partial charge in [-0.3, -0.25) is 0 Å². The molecule has 0 aromatic rings. The largest absolute Gasteiger partial charge is 0.144 e. The summed E-state index contributed by atoms with van der Waals surface area (Å²) >= 11 is 0. The SMILES string of the molecule is CC[Si](C#CC(C)(C)C)CC. The quantitative estimate of drug-likeness (QED) is 0.438. The van der Waals surface area contributed by atoms with Gasteiger partial charge < -0.3 is 0 Å². The molecule has 0 rings (SSSR count). The first-order chi connectivity index (χ1) is 4.99. The lowest BCUT2D eigenvalue weighted by molar-refractivity contribution is 0.571.